The smallest absolute Gasteiger partial charge is 0.212 e. The van der Waals surface area contributed by atoms with Crippen molar-refractivity contribution in [2.75, 3.05) is 18.8 Å². The second-order valence-corrected chi connectivity index (χ2v) is 12.2. The van der Waals surface area contributed by atoms with Crippen molar-refractivity contribution in [3.63, 3.8) is 0 Å². The van der Waals surface area contributed by atoms with Crippen LogP contribution in [0.5, 0.6) is 0 Å². The third kappa shape index (κ3) is 2.57. The largest absolute Gasteiger partial charge is 0.214 e. The lowest BCUT2D eigenvalue weighted by Gasteiger charge is -2.43. The molecule has 1 aromatic rings. The first kappa shape index (κ1) is 19.4. The zero-order valence-corrected chi connectivity index (χ0v) is 18.1. The van der Waals surface area contributed by atoms with E-state index in [4.69, 9.17) is 0 Å². The van der Waals surface area contributed by atoms with Gasteiger partial charge >= 0.3 is 0 Å². The molecule has 5 rings (SSSR count). The Morgan fingerprint density at radius 2 is 1.86 bits per heavy atom. The van der Waals surface area contributed by atoms with Gasteiger partial charge in [0.25, 0.3) is 0 Å². The summed E-state index contributed by atoms with van der Waals surface area (Å²) in [7, 11) is -3.44. The number of allylic oxidation sites excluding steroid dienone is 1. The lowest BCUT2D eigenvalue weighted by Crippen LogP contribution is -2.50. The van der Waals surface area contributed by atoms with Crippen molar-refractivity contribution in [1.29, 1.82) is 0 Å². The van der Waals surface area contributed by atoms with Crippen molar-refractivity contribution in [3.8, 4) is 0 Å². The highest BCUT2D eigenvalue weighted by Gasteiger charge is 2.66. The van der Waals surface area contributed by atoms with E-state index in [1.807, 2.05) is 0 Å². The first-order valence-electron chi connectivity index (χ1n) is 10.8. The predicted octanol–water partition coefficient (Wildman–Crippen LogP) is 4.34. The molecule has 4 aliphatic rings. The highest BCUT2D eigenvalue weighted by molar-refractivity contribution is 7.89. The molecule has 1 unspecified atom stereocenters. The number of nitrogens with zero attached hydrogens (tertiary/aromatic N) is 2. The van der Waals surface area contributed by atoms with Gasteiger partial charge < -0.3 is 0 Å². The summed E-state index contributed by atoms with van der Waals surface area (Å²) in [6, 6.07) is 8.07. The Morgan fingerprint density at radius 3 is 2.55 bits per heavy atom. The van der Waals surface area contributed by atoms with Crippen LogP contribution in [-0.4, -0.2) is 37.6 Å². The Morgan fingerprint density at radius 1 is 1.14 bits per heavy atom. The average Bonchev–Trinajstić information content (AvgIpc) is 3.24. The summed E-state index contributed by atoms with van der Waals surface area (Å²) in [5.74, 6) is 0.476. The molecule has 3 fully saturated rings. The number of benzene rings is 1. The first-order chi connectivity index (χ1) is 13.7. The van der Waals surface area contributed by atoms with Crippen LogP contribution in [0.4, 0.5) is 0 Å². The lowest BCUT2D eigenvalue weighted by atomic mass is 9.69. The van der Waals surface area contributed by atoms with Crippen molar-refractivity contribution < 1.29 is 8.42 Å². The van der Waals surface area contributed by atoms with Crippen LogP contribution in [0.3, 0.4) is 0 Å². The third-order valence-corrected chi connectivity index (χ3v) is 11.1. The third-order valence-electron chi connectivity index (χ3n) is 9.04. The van der Waals surface area contributed by atoms with E-state index in [-0.39, 0.29) is 22.6 Å². The SMILES string of the molecule is CC1(C)[C@@H]2CC[C@@]1(CS(=O)(=O)N1CCC3(C=Cc4ccccc43)CC1)C(N=O)C2. The van der Waals surface area contributed by atoms with Gasteiger partial charge in [-0.2, -0.15) is 4.91 Å². The molecule has 1 spiro atoms. The number of piperidine rings is 1. The van der Waals surface area contributed by atoms with Crippen molar-refractivity contribution >= 4 is 16.1 Å². The van der Waals surface area contributed by atoms with Crippen LogP contribution in [-0.2, 0) is 15.4 Å². The van der Waals surface area contributed by atoms with Crippen LogP contribution in [0.15, 0.2) is 35.5 Å². The van der Waals surface area contributed by atoms with Gasteiger partial charge in [0.1, 0.15) is 0 Å². The molecule has 0 radical (unpaired) electrons. The second-order valence-electron chi connectivity index (χ2n) is 10.2. The Balaban J connectivity index is 1.36. The Bertz CT molecular complexity index is 976. The molecule has 2 bridgehead atoms. The van der Waals surface area contributed by atoms with Gasteiger partial charge in [-0.25, -0.2) is 12.7 Å². The van der Waals surface area contributed by atoms with E-state index in [1.165, 1.54) is 11.1 Å². The fourth-order valence-corrected chi connectivity index (χ4v) is 9.26. The summed E-state index contributed by atoms with van der Waals surface area (Å²) in [6.07, 6.45) is 8.64. The maximum Gasteiger partial charge on any atom is 0.214 e. The Kier molecular flexibility index (Phi) is 4.18. The van der Waals surface area contributed by atoms with Crippen molar-refractivity contribution in [3.05, 3.63) is 46.4 Å². The van der Waals surface area contributed by atoms with Crippen molar-refractivity contribution in [1.82, 2.24) is 4.31 Å². The molecule has 2 saturated carbocycles. The maximum atomic E-state index is 13.5. The minimum atomic E-state index is -3.44. The van der Waals surface area contributed by atoms with Crippen molar-refractivity contribution in [2.24, 2.45) is 21.9 Å². The molecule has 3 aliphatic carbocycles. The summed E-state index contributed by atoms with van der Waals surface area (Å²) < 4.78 is 28.7. The summed E-state index contributed by atoms with van der Waals surface area (Å²) in [4.78, 5) is 11.6. The molecule has 29 heavy (non-hydrogen) atoms. The van der Waals surface area contributed by atoms with Gasteiger partial charge in [0.15, 0.2) is 0 Å². The molecule has 0 N–H and O–H groups in total. The Hall–Kier alpha value is -1.53. The molecule has 5 nitrogen and oxygen atoms in total. The molecule has 3 atom stereocenters. The monoisotopic (exact) mass is 414 g/mol. The molecule has 1 saturated heterocycles. The van der Waals surface area contributed by atoms with Gasteiger partial charge in [-0.05, 0) is 54.6 Å². The molecule has 1 heterocycles. The standard InChI is InChI=1S/C23H30N2O3S/c1-21(2)18-8-10-23(21,20(15-18)24-26)16-29(27,28)25-13-11-22(12-14-25)9-7-17-5-3-4-6-19(17)22/h3-7,9,18,20H,8,10-16H2,1-2H3/t18-,20?,23-/m1/s1. The molecular weight excluding hydrogens is 384 g/mol. The van der Waals surface area contributed by atoms with Gasteiger partial charge in [0, 0.05) is 23.9 Å². The molecule has 0 amide bonds. The second kappa shape index (κ2) is 6.24. The van der Waals surface area contributed by atoms with Gasteiger partial charge in [-0.15, -0.1) is 0 Å². The van der Waals surface area contributed by atoms with E-state index in [9.17, 15) is 13.3 Å². The van der Waals surface area contributed by atoms with Gasteiger partial charge in [0.2, 0.25) is 10.0 Å². The minimum Gasteiger partial charge on any atom is -0.212 e. The van der Waals surface area contributed by atoms with E-state index in [0.29, 0.717) is 19.0 Å². The maximum absolute atomic E-state index is 13.5. The van der Waals surface area contributed by atoms with E-state index < -0.39 is 15.4 Å². The number of rotatable bonds is 4. The molecular formula is C23H30N2O3S. The minimum absolute atomic E-state index is 0.0289. The van der Waals surface area contributed by atoms with Gasteiger partial charge in [0.05, 0.1) is 11.8 Å². The number of fused-ring (bicyclic) bond motifs is 4. The normalized spacial score (nSPS) is 34.6. The number of nitroso groups, excluding NO2 is 1. The number of sulfonamides is 1. The van der Waals surface area contributed by atoms with E-state index in [2.05, 4.69) is 55.4 Å². The average molecular weight is 415 g/mol. The van der Waals surface area contributed by atoms with Crippen LogP contribution >= 0.6 is 0 Å². The fraction of sp³-hybridized carbons (Fsp3) is 0.652. The lowest BCUT2D eigenvalue weighted by molar-refractivity contribution is 0.136. The van der Waals surface area contributed by atoms with Crippen LogP contribution in [0.25, 0.3) is 6.08 Å². The predicted molar refractivity (Wildman–Crippen MR) is 115 cm³/mol. The van der Waals surface area contributed by atoms with Gasteiger partial charge in [-0.1, -0.05) is 55.4 Å². The van der Waals surface area contributed by atoms with Crippen LogP contribution < -0.4 is 0 Å². The first-order valence-corrected chi connectivity index (χ1v) is 12.4. The fourth-order valence-electron chi connectivity index (χ4n) is 6.97. The topological polar surface area (TPSA) is 66.8 Å². The zero-order chi connectivity index (χ0) is 20.5. The quantitative estimate of drug-likeness (QED) is 0.689. The number of hydrogen-bond acceptors (Lipinski definition) is 4. The molecule has 1 aliphatic heterocycles. The summed E-state index contributed by atoms with van der Waals surface area (Å²) in [5, 5.41) is 3.41. The molecule has 6 heteroatoms. The van der Waals surface area contributed by atoms with Crippen LogP contribution in [0.1, 0.15) is 57.1 Å². The molecule has 0 aromatic heterocycles. The van der Waals surface area contributed by atoms with E-state index in [0.717, 1.165) is 32.1 Å². The Labute approximate surface area is 173 Å². The van der Waals surface area contributed by atoms with Crippen LogP contribution in [0.2, 0.25) is 0 Å². The highest BCUT2D eigenvalue weighted by Crippen LogP contribution is 2.67. The van der Waals surface area contributed by atoms with Crippen LogP contribution in [0, 0.1) is 21.7 Å². The van der Waals surface area contributed by atoms with E-state index in [1.54, 1.807) is 4.31 Å². The van der Waals surface area contributed by atoms with Crippen molar-refractivity contribution in [2.45, 2.75) is 57.4 Å². The summed E-state index contributed by atoms with van der Waals surface area (Å²) in [5.41, 5.74) is 1.90. The summed E-state index contributed by atoms with van der Waals surface area (Å²) in [6.45, 7) is 5.38. The van der Waals surface area contributed by atoms with Gasteiger partial charge in [-0.3, -0.25) is 0 Å². The number of hydrogen-bond donors (Lipinski definition) is 0. The molecule has 1 aromatic carbocycles. The molecule has 156 valence electrons. The summed E-state index contributed by atoms with van der Waals surface area (Å²) >= 11 is 0. The zero-order valence-electron chi connectivity index (χ0n) is 17.3. The van der Waals surface area contributed by atoms with E-state index >= 15 is 0 Å². The highest BCUT2D eigenvalue weighted by atomic mass is 32.2.